The first-order valence-corrected chi connectivity index (χ1v) is 10.9. The highest BCUT2D eigenvalue weighted by atomic mass is 31.2. The van der Waals surface area contributed by atoms with E-state index < -0.39 is 71.3 Å². The lowest BCUT2D eigenvalue weighted by molar-refractivity contribution is -0.402. The van der Waals surface area contributed by atoms with Gasteiger partial charge in [-0.3, -0.25) is 0 Å². The molecule has 0 N–H and O–H groups in total. The van der Waals surface area contributed by atoms with Crippen LogP contribution in [-0.4, -0.2) is 30.6 Å². The smallest absolute Gasteiger partial charge is 0.192 e. The van der Waals surface area contributed by atoms with Gasteiger partial charge in [0.2, 0.25) is 0 Å². The van der Waals surface area contributed by atoms with E-state index in [9.17, 15) is 61.5 Å². The maximum Gasteiger partial charge on any atom is 0.457 e. The molecule has 2 atom stereocenters. The summed E-state index contributed by atoms with van der Waals surface area (Å²) >= 11 is 0. The first kappa shape index (κ1) is 26.9. The largest absolute Gasteiger partial charge is 0.457 e. The fourth-order valence-electron chi connectivity index (χ4n) is 4.26. The predicted octanol–water partition coefficient (Wildman–Crippen LogP) is 6.82. The van der Waals surface area contributed by atoms with Crippen LogP contribution in [0.2, 0.25) is 0 Å². The molecular weight excluding hydrogens is 557 g/mol. The lowest BCUT2D eigenvalue weighted by Gasteiger charge is -2.37. The lowest BCUT2D eigenvalue weighted by Crippen LogP contribution is -2.62. The molecule has 2 nitrogen and oxygen atoms in total. The van der Waals surface area contributed by atoms with Gasteiger partial charge in [0.15, 0.2) is 10.6 Å². The van der Waals surface area contributed by atoms with Crippen molar-refractivity contribution in [3.8, 4) is 0 Å². The fraction of sp³-hybridized carbons (Fsp3) is 0.368. The molecule has 2 aliphatic heterocycles. The van der Waals surface area contributed by atoms with Crippen LogP contribution in [0, 0.1) is 0 Å². The topological polar surface area (TPSA) is 18.5 Å². The summed E-state index contributed by atoms with van der Waals surface area (Å²) in [6.45, 7) is 0. The molecule has 2 aromatic carbocycles. The monoisotopic (exact) mass is 565 g/mol. The number of hydrogen-bond donors (Lipinski definition) is 0. The molecule has 0 saturated heterocycles. The Bertz CT molecular complexity index is 1180. The molecule has 2 heterocycles. The maximum atomic E-state index is 14.7. The second-order valence-corrected chi connectivity index (χ2v) is 10.1. The van der Waals surface area contributed by atoms with Crippen LogP contribution < -0.4 is 10.6 Å². The van der Waals surface area contributed by atoms with E-state index in [0.717, 1.165) is 12.1 Å². The second kappa shape index (κ2) is 7.22. The third kappa shape index (κ3) is 2.97. The zero-order valence-corrected chi connectivity index (χ0v) is 17.6. The van der Waals surface area contributed by atoms with Crippen molar-refractivity contribution in [3.05, 3.63) is 59.7 Å². The summed E-state index contributed by atoms with van der Waals surface area (Å²) in [6.07, 6.45) is -26.6. The van der Waals surface area contributed by atoms with Gasteiger partial charge in [0.1, 0.15) is 0 Å². The number of benzene rings is 2. The maximum absolute atomic E-state index is 14.7. The van der Waals surface area contributed by atoms with Crippen molar-refractivity contribution in [3.63, 3.8) is 0 Å². The Morgan fingerprint density at radius 2 is 0.833 bits per heavy atom. The Labute approximate surface area is 191 Å². The van der Waals surface area contributed by atoms with Gasteiger partial charge in [-0.25, -0.2) is 0 Å². The number of alkyl halides is 14. The molecule has 0 aliphatic carbocycles. The highest BCUT2D eigenvalue weighted by Gasteiger charge is 2.93. The molecule has 198 valence electrons. The summed E-state index contributed by atoms with van der Waals surface area (Å²) < 4.78 is 205. The highest BCUT2D eigenvalue weighted by Crippen LogP contribution is 2.81. The van der Waals surface area contributed by atoms with E-state index in [2.05, 4.69) is 9.05 Å². The van der Waals surface area contributed by atoms with Crippen molar-refractivity contribution >= 4 is 18.3 Å². The van der Waals surface area contributed by atoms with Crippen molar-refractivity contribution < 1.29 is 70.5 Å². The van der Waals surface area contributed by atoms with Gasteiger partial charge < -0.3 is 0 Å². The highest BCUT2D eigenvalue weighted by molar-refractivity contribution is 7.82. The van der Waals surface area contributed by atoms with Crippen LogP contribution in [0.15, 0.2) is 48.5 Å². The van der Waals surface area contributed by atoms with E-state index in [-0.39, 0.29) is 12.1 Å². The van der Waals surface area contributed by atoms with Crippen molar-refractivity contribution in [1.29, 1.82) is 0 Å². The first-order valence-electron chi connectivity index (χ1n) is 9.27. The lowest BCUT2D eigenvalue weighted by atomic mass is 9.86. The number of fused-ring (bicyclic) bond motifs is 4. The minimum atomic E-state index is -7.01. The molecule has 0 radical (unpaired) electrons. The molecule has 2 aliphatic rings. The Balaban J connectivity index is 2.17. The van der Waals surface area contributed by atoms with Gasteiger partial charge in [-0.05, 0) is 12.1 Å². The van der Waals surface area contributed by atoms with Crippen LogP contribution in [0.25, 0.3) is 0 Å². The van der Waals surface area contributed by atoms with E-state index in [1.807, 2.05) is 0 Å². The third-order valence-electron chi connectivity index (χ3n) is 5.73. The summed E-state index contributed by atoms with van der Waals surface area (Å²) in [5.41, 5.74) is -15.0. The molecule has 17 heteroatoms. The molecule has 0 amide bonds. The summed E-state index contributed by atoms with van der Waals surface area (Å²) in [4.78, 5) is 0. The summed E-state index contributed by atoms with van der Waals surface area (Å²) in [5.74, 6) is -6.88. The Morgan fingerprint density at radius 1 is 0.500 bits per heavy atom. The Kier molecular flexibility index (Phi) is 5.39. The van der Waals surface area contributed by atoms with Crippen molar-refractivity contribution in [2.75, 3.05) is 0 Å². The molecule has 0 bridgehead atoms. The van der Waals surface area contributed by atoms with Crippen LogP contribution >= 0.6 is 7.72 Å². The SMILES string of the molecule is FC(F)(F)C(F)(F)C1(C(F)(F)F)O[P+]2(OC(C(F)(F)F)(C(F)(F)F)c3ccccc32)c2ccccc21. The molecule has 0 aromatic heterocycles. The first-order chi connectivity index (χ1) is 16.1. The van der Waals surface area contributed by atoms with Gasteiger partial charge in [-0.15, -0.1) is 0 Å². The van der Waals surface area contributed by atoms with E-state index in [0.29, 0.717) is 24.3 Å². The number of hydrogen-bond acceptors (Lipinski definition) is 2. The minimum Gasteiger partial charge on any atom is -0.192 e. The average Bonchev–Trinajstić information content (AvgIpc) is 3.20. The molecule has 2 unspecified atom stereocenters. The van der Waals surface area contributed by atoms with Crippen LogP contribution in [0.4, 0.5) is 61.5 Å². The standard InChI is InChI=1S/C19H8F14O2P/c20-15(21,19(31,32)33)13(16(22,23)24)9-5-1-3-7-11(9)36(34-13)12-8-4-2-6-10(12)14(35-36,17(25,26)27)18(28,29)30/h1-8H/q+1. The average molecular weight is 565 g/mol. The Morgan fingerprint density at radius 3 is 1.19 bits per heavy atom. The van der Waals surface area contributed by atoms with Gasteiger partial charge >= 0.3 is 49.5 Å². The summed E-state index contributed by atoms with van der Waals surface area (Å²) in [6, 6.07) is 3.62. The minimum absolute atomic E-state index is 0.0599. The van der Waals surface area contributed by atoms with E-state index in [4.69, 9.17) is 0 Å². The van der Waals surface area contributed by atoms with Crippen LogP contribution in [0.3, 0.4) is 0 Å². The van der Waals surface area contributed by atoms with Crippen LogP contribution in [0.5, 0.6) is 0 Å². The molecule has 2 aromatic rings. The van der Waals surface area contributed by atoms with E-state index in [1.165, 1.54) is 0 Å². The van der Waals surface area contributed by atoms with Gasteiger partial charge in [-0.2, -0.15) is 70.5 Å². The van der Waals surface area contributed by atoms with Gasteiger partial charge in [-0.1, -0.05) is 36.4 Å². The zero-order chi connectivity index (χ0) is 27.4. The van der Waals surface area contributed by atoms with Crippen LogP contribution in [0.1, 0.15) is 11.1 Å². The Hall–Kier alpha value is -2.19. The normalized spacial score (nSPS) is 26.3. The molecule has 1 spiro atoms. The van der Waals surface area contributed by atoms with Crippen molar-refractivity contribution in [1.82, 2.24) is 0 Å². The summed E-state index contributed by atoms with van der Waals surface area (Å²) in [5, 5.41) is -2.81. The van der Waals surface area contributed by atoms with E-state index in [1.54, 1.807) is 0 Å². The van der Waals surface area contributed by atoms with Crippen molar-refractivity contribution in [2.45, 2.75) is 41.8 Å². The second-order valence-electron chi connectivity index (χ2n) is 7.70. The molecular formula is C19H8F14O2P+. The van der Waals surface area contributed by atoms with Gasteiger partial charge in [0.05, 0.1) is 11.1 Å². The predicted molar refractivity (Wildman–Crippen MR) is 93.8 cm³/mol. The molecule has 0 saturated carbocycles. The fourth-order valence-corrected chi connectivity index (χ4v) is 8.01. The molecule has 36 heavy (non-hydrogen) atoms. The number of halogens is 14. The van der Waals surface area contributed by atoms with Gasteiger partial charge in [0, 0.05) is 0 Å². The number of rotatable bonds is 1. The van der Waals surface area contributed by atoms with Gasteiger partial charge in [0.25, 0.3) is 0 Å². The van der Waals surface area contributed by atoms with Crippen molar-refractivity contribution in [2.24, 2.45) is 0 Å². The third-order valence-corrected chi connectivity index (χ3v) is 8.84. The summed E-state index contributed by atoms with van der Waals surface area (Å²) in [7, 11) is -5.82. The molecule has 4 rings (SSSR count). The van der Waals surface area contributed by atoms with E-state index >= 15 is 0 Å². The zero-order valence-electron chi connectivity index (χ0n) is 16.7. The van der Waals surface area contributed by atoms with Crippen LogP contribution in [-0.2, 0) is 20.2 Å². The molecule has 0 fully saturated rings. The quantitative estimate of drug-likeness (QED) is 0.279.